The number of amides is 1. The van der Waals surface area contributed by atoms with Gasteiger partial charge in [-0.25, -0.2) is 0 Å². The number of nitrogens with one attached hydrogen (secondary N) is 1. The molecular formula is C19H26F2N2O2. The number of carbonyl (C=O) groups excluding carboxylic acids is 1. The highest BCUT2D eigenvalue weighted by Gasteiger charge is 2.39. The molecule has 3 N–H and O–H groups in total. The number of halogens is 2. The number of hydrogen-bond acceptors (Lipinski definition) is 3. The summed E-state index contributed by atoms with van der Waals surface area (Å²) in [6, 6.07) is 7.00. The van der Waals surface area contributed by atoms with Crippen LogP contribution >= 0.6 is 0 Å². The van der Waals surface area contributed by atoms with E-state index in [1.807, 2.05) is 0 Å². The molecule has 6 heteroatoms. The molecule has 138 valence electrons. The van der Waals surface area contributed by atoms with E-state index in [0.717, 1.165) is 31.2 Å². The van der Waals surface area contributed by atoms with Gasteiger partial charge in [-0.3, -0.25) is 4.79 Å². The summed E-state index contributed by atoms with van der Waals surface area (Å²) in [6.45, 7) is -2.82. The highest BCUT2D eigenvalue weighted by molar-refractivity contribution is 5.76. The lowest BCUT2D eigenvalue weighted by Crippen LogP contribution is -2.53. The van der Waals surface area contributed by atoms with E-state index in [1.165, 1.54) is 18.6 Å². The number of ether oxygens (including phenoxy) is 1. The zero-order valence-corrected chi connectivity index (χ0v) is 14.3. The maximum atomic E-state index is 12.3. The number of nitrogens with two attached hydrogens (primary N) is 1. The lowest BCUT2D eigenvalue weighted by atomic mass is 9.67. The number of rotatable bonds is 6. The van der Waals surface area contributed by atoms with Crippen LogP contribution in [0.3, 0.4) is 0 Å². The first-order valence-electron chi connectivity index (χ1n) is 9.10. The summed E-state index contributed by atoms with van der Waals surface area (Å²) in [4.78, 5) is 12.3. The summed E-state index contributed by atoms with van der Waals surface area (Å²) in [5.74, 6) is 1.22. The molecular weight excluding hydrogens is 326 g/mol. The fraction of sp³-hybridized carbons (Fsp3) is 0.632. The predicted octanol–water partition coefficient (Wildman–Crippen LogP) is 3.24. The Bertz CT molecular complexity index is 565. The van der Waals surface area contributed by atoms with Crippen molar-refractivity contribution in [2.24, 2.45) is 17.6 Å². The minimum atomic E-state index is -2.82. The second-order valence-electron chi connectivity index (χ2n) is 7.30. The number of alkyl halides is 2. The van der Waals surface area contributed by atoms with Crippen molar-refractivity contribution in [3.63, 3.8) is 0 Å². The van der Waals surface area contributed by atoms with Crippen LogP contribution in [-0.4, -0.2) is 24.6 Å². The topological polar surface area (TPSA) is 64.3 Å². The summed E-state index contributed by atoms with van der Waals surface area (Å²) in [7, 11) is 0. The Morgan fingerprint density at radius 2 is 1.84 bits per heavy atom. The Labute approximate surface area is 147 Å². The first-order chi connectivity index (χ1) is 12.0. The van der Waals surface area contributed by atoms with Crippen molar-refractivity contribution in [2.75, 3.05) is 0 Å². The Morgan fingerprint density at radius 3 is 2.44 bits per heavy atom. The number of benzene rings is 1. The van der Waals surface area contributed by atoms with E-state index < -0.39 is 6.61 Å². The minimum Gasteiger partial charge on any atom is -0.435 e. The third kappa shape index (κ3) is 4.91. The zero-order valence-electron chi connectivity index (χ0n) is 14.3. The fourth-order valence-electron chi connectivity index (χ4n) is 4.38. The molecule has 1 aromatic rings. The fourth-order valence-corrected chi connectivity index (χ4v) is 4.38. The van der Waals surface area contributed by atoms with Crippen LogP contribution in [0, 0.1) is 11.8 Å². The standard InChI is InChI=1S/C19H26F2N2O2/c20-19(21)25-16-7-4-12(5-8-16)6-9-17(24)23-18-13-2-1-3-14(18)11-15(22)10-13/h4-5,7-8,13-15,18-19H,1-3,6,9-11,22H2,(H,23,24). The molecule has 2 aliphatic carbocycles. The van der Waals surface area contributed by atoms with Gasteiger partial charge in [0.1, 0.15) is 5.75 Å². The van der Waals surface area contributed by atoms with Crippen molar-refractivity contribution in [3.8, 4) is 5.75 Å². The molecule has 2 fully saturated rings. The van der Waals surface area contributed by atoms with E-state index in [9.17, 15) is 13.6 Å². The van der Waals surface area contributed by atoms with E-state index in [2.05, 4.69) is 10.1 Å². The van der Waals surface area contributed by atoms with Crippen molar-refractivity contribution in [1.29, 1.82) is 0 Å². The van der Waals surface area contributed by atoms with E-state index >= 15 is 0 Å². The number of aryl methyl sites for hydroxylation is 1. The molecule has 1 aromatic carbocycles. The summed E-state index contributed by atoms with van der Waals surface area (Å²) in [5.41, 5.74) is 7.06. The van der Waals surface area contributed by atoms with Crippen molar-refractivity contribution >= 4 is 5.91 Å². The molecule has 4 nitrogen and oxygen atoms in total. The normalized spacial score (nSPS) is 28.6. The van der Waals surface area contributed by atoms with E-state index in [4.69, 9.17) is 5.73 Å². The number of hydrogen-bond donors (Lipinski definition) is 2. The molecule has 2 aliphatic rings. The summed E-state index contributed by atoms with van der Waals surface area (Å²) < 4.78 is 28.6. The summed E-state index contributed by atoms with van der Waals surface area (Å²) in [6.07, 6.45) is 6.54. The van der Waals surface area contributed by atoms with Gasteiger partial charge in [0.2, 0.25) is 5.91 Å². The van der Waals surface area contributed by atoms with Crippen molar-refractivity contribution in [1.82, 2.24) is 5.32 Å². The molecule has 0 radical (unpaired) electrons. The Hall–Kier alpha value is -1.69. The van der Waals surface area contributed by atoms with Crippen molar-refractivity contribution in [2.45, 2.75) is 63.6 Å². The van der Waals surface area contributed by atoms with Crippen molar-refractivity contribution in [3.05, 3.63) is 29.8 Å². The van der Waals surface area contributed by atoms with Gasteiger partial charge in [0.05, 0.1) is 0 Å². The molecule has 3 rings (SSSR count). The Morgan fingerprint density at radius 1 is 1.20 bits per heavy atom. The number of carbonyl (C=O) groups is 1. The first-order valence-corrected chi connectivity index (χ1v) is 9.10. The Balaban J connectivity index is 1.48. The van der Waals surface area contributed by atoms with Crippen LogP contribution in [0.1, 0.15) is 44.1 Å². The average molecular weight is 352 g/mol. The molecule has 0 saturated heterocycles. The summed E-state index contributed by atoms with van der Waals surface area (Å²) in [5, 5.41) is 3.23. The summed E-state index contributed by atoms with van der Waals surface area (Å²) >= 11 is 0. The van der Waals surface area contributed by atoms with Gasteiger partial charge in [-0.05, 0) is 61.6 Å². The van der Waals surface area contributed by atoms with Gasteiger partial charge in [-0.1, -0.05) is 18.6 Å². The lowest BCUT2D eigenvalue weighted by molar-refractivity contribution is -0.123. The quantitative estimate of drug-likeness (QED) is 0.826. The van der Waals surface area contributed by atoms with Crippen LogP contribution in [0.15, 0.2) is 24.3 Å². The van der Waals surface area contributed by atoms with Crippen LogP contribution in [0.25, 0.3) is 0 Å². The zero-order chi connectivity index (χ0) is 17.8. The highest BCUT2D eigenvalue weighted by Crippen LogP contribution is 2.39. The molecule has 2 saturated carbocycles. The predicted molar refractivity (Wildman–Crippen MR) is 91.4 cm³/mol. The second kappa shape index (κ2) is 8.13. The molecule has 0 spiro atoms. The molecule has 0 aromatic heterocycles. The van der Waals surface area contributed by atoms with Crippen molar-refractivity contribution < 1.29 is 18.3 Å². The molecule has 2 unspecified atom stereocenters. The van der Waals surface area contributed by atoms with E-state index in [-0.39, 0.29) is 23.7 Å². The van der Waals surface area contributed by atoms with Crippen LogP contribution in [0.4, 0.5) is 8.78 Å². The van der Waals surface area contributed by atoms with Gasteiger partial charge in [-0.2, -0.15) is 8.78 Å². The van der Waals surface area contributed by atoms with Gasteiger partial charge in [-0.15, -0.1) is 0 Å². The molecule has 1 amide bonds. The van der Waals surface area contributed by atoms with Crippen LogP contribution < -0.4 is 15.8 Å². The van der Waals surface area contributed by atoms with Crippen LogP contribution in [0.5, 0.6) is 5.75 Å². The molecule has 2 atom stereocenters. The largest absolute Gasteiger partial charge is 0.435 e. The molecule has 25 heavy (non-hydrogen) atoms. The Kier molecular flexibility index (Phi) is 5.89. The third-order valence-electron chi connectivity index (χ3n) is 5.49. The number of fused-ring (bicyclic) bond motifs is 2. The molecule has 0 heterocycles. The van der Waals surface area contributed by atoms with E-state index in [1.54, 1.807) is 12.1 Å². The first kappa shape index (κ1) is 18.1. The molecule has 2 bridgehead atoms. The van der Waals surface area contributed by atoms with Gasteiger partial charge in [0, 0.05) is 18.5 Å². The second-order valence-corrected chi connectivity index (χ2v) is 7.30. The van der Waals surface area contributed by atoms with Gasteiger partial charge in [0.25, 0.3) is 0 Å². The average Bonchev–Trinajstić information content (AvgIpc) is 2.54. The van der Waals surface area contributed by atoms with E-state index in [0.29, 0.717) is 24.7 Å². The SMILES string of the molecule is NC1CC2CCCC(C1)C2NC(=O)CCc1ccc(OC(F)F)cc1. The lowest BCUT2D eigenvalue weighted by Gasteiger charge is -2.45. The minimum absolute atomic E-state index is 0.0604. The maximum absolute atomic E-state index is 12.3. The van der Waals surface area contributed by atoms with Crippen LogP contribution in [-0.2, 0) is 11.2 Å². The third-order valence-corrected chi connectivity index (χ3v) is 5.49. The van der Waals surface area contributed by atoms with Crippen LogP contribution in [0.2, 0.25) is 0 Å². The highest BCUT2D eigenvalue weighted by atomic mass is 19.3. The maximum Gasteiger partial charge on any atom is 0.387 e. The molecule has 0 aliphatic heterocycles. The monoisotopic (exact) mass is 352 g/mol. The van der Waals surface area contributed by atoms with Gasteiger partial charge < -0.3 is 15.8 Å². The smallest absolute Gasteiger partial charge is 0.387 e. The van der Waals surface area contributed by atoms with Gasteiger partial charge in [0.15, 0.2) is 0 Å². The van der Waals surface area contributed by atoms with Gasteiger partial charge >= 0.3 is 6.61 Å².